The molecule has 4 aromatic carbocycles. The van der Waals surface area contributed by atoms with E-state index in [-0.39, 0.29) is 11.8 Å². The van der Waals surface area contributed by atoms with E-state index >= 15 is 0 Å². The number of hydrogen-bond donors (Lipinski definition) is 2. The molecular formula is C28H32N2O. The molecule has 2 unspecified atom stereocenters. The van der Waals surface area contributed by atoms with E-state index in [0.29, 0.717) is 18.1 Å². The largest absolute Gasteiger partial charge is 0.344 e. The molecule has 160 valence electrons. The molecule has 3 heteroatoms. The van der Waals surface area contributed by atoms with Crippen LogP contribution in [0.5, 0.6) is 0 Å². The quantitative estimate of drug-likeness (QED) is 0.232. The van der Waals surface area contributed by atoms with Crippen LogP contribution >= 0.6 is 0 Å². The first-order chi connectivity index (χ1) is 15.0. The van der Waals surface area contributed by atoms with Crippen molar-refractivity contribution in [2.45, 2.75) is 53.0 Å². The van der Waals surface area contributed by atoms with Crippen LogP contribution in [0.2, 0.25) is 0 Å². The minimum absolute atomic E-state index is 0.0153. The predicted octanol–water partition coefficient (Wildman–Crippen LogP) is 7.24. The van der Waals surface area contributed by atoms with E-state index in [1.165, 1.54) is 26.9 Å². The Morgan fingerprint density at radius 2 is 1.52 bits per heavy atom. The van der Waals surface area contributed by atoms with Gasteiger partial charge in [0.05, 0.1) is 6.04 Å². The van der Waals surface area contributed by atoms with Gasteiger partial charge in [-0.3, -0.25) is 4.79 Å². The molecule has 0 aliphatic carbocycles. The molecule has 0 heterocycles. The fourth-order valence-electron chi connectivity index (χ4n) is 5.06. The number of nitrogens with one attached hydrogen (secondary N) is 2. The molecule has 0 fully saturated rings. The fraction of sp³-hybridized carbons (Fsp3) is 0.357. The zero-order valence-corrected chi connectivity index (χ0v) is 19.0. The Balaban J connectivity index is 1.94. The molecule has 0 aliphatic heterocycles. The monoisotopic (exact) mass is 412 g/mol. The van der Waals surface area contributed by atoms with Gasteiger partial charge in [0.15, 0.2) is 0 Å². The summed E-state index contributed by atoms with van der Waals surface area (Å²) in [5.74, 6) is 0.495. The number of rotatable bonds is 8. The molecule has 1 amide bonds. The average Bonchev–Trinajstić information content (AvgIpc) is 2.76. The number of hydrogen-bond acceptors (Lipinski definition) is 2. The van der Waals surface area contributed by atoms with Crippen molar-refractivity contribution in [1.82, 2.24) is 5.32 Å². The van der Waals surface area contributed by atoms with Crippen LogP contribution in [0.15, 0.2) is 54.6 Å². The third-order valence-corrected chi connectivity index (χ3v) is 6.61. The van der Waals surface area contributed by atoms with Crippen LogP contribution in [0.4, 0.5) is 0 Å². The maximum Gasteiger partial charge on any atom is 0.220 e. The van der Waals surface area contributed by atoms with E-state index in [1.54, 1.807) is 0 Å². The lowest BCUT2D eigenvalue weighted by molar-refractivity contribution is -0.121. The summed E-state index contributed by atoms with van der Waals surface area (Å²) < 4.78 is 0. The number of carbonyl (C=O) groups is 1. The Labute approximate surface area is 184 Å². The molecule has 0 spiro atoms. The van der Waals surface area contributed by atoms with Crippen molar-refractivity contribution in [1.29, 1.82) is 5.41 Å². The lowest BCUT2D eigenvalue weighted by atomic mass is 9.81. The molecular weight excluding hydrogens is 380 g/mol. The molecule has 3 nitrogen and oxygen atoms in total. The van der Waals surface area contributed by atoms with Gasteiger partial charge in [0, 0.05) is 18.1 Å². The second kappa shape index (κ2) is 8.66. The van der Waals surface area contributed by atoms with E-state index in [1.807, 2.05) is 6.92 Å². The Bertz CT molecular complexity index is 1220. The maximum atomic E-state index is 12.7. The molecule has 4 aromatic rings. The van der Waals surface area contributed by atoms with Crippen molar-refractivity contribution in [3.8, 4) is 0 Å². The number of benzene rings is 4. The summed E-state index contributed by atoms with van der Waals surface area (Å²) in [6.45, 7) is 8.48. The zero-order chi connectivity index (χ0) is 22.1. The Kier molecular flexibility index (Phi) is 5.95. The van der Waals surface area contributed by atoms with Gasteiger partial charge in [-0.2, -0.15) is 0 Å². The van der Waals surface area contributed by atoms with E-state index in [4.69, 9.17) is 5.41 Å². The summed E-state index contributed by atoms with van der Waals surface area (Å²) in [6, 6.07) is 18.9. The molecule has 2 N–H and O–H groups in total. The SMILES string of the molecule is CCCC(=O)NC(C(=N)C(CC)C(C)C)c1ccc2ccc3cccc4ccc1c2c34. The molecule has 2 atom stereocenters. The first kappa shape index (κ1) is 21.3. The van der Waals surface area contributed by atoms with Crippen LogP contribution in [-0.2, 0) is 4.79 Å². The highest BCUT2D eigenvalue weighted by molar-refractivity contribution is 6.24. The summed E-state index contributed by atoms with van der Waals surface area (Å²) in [7, 11) is 0. The Hall–Kier alpha value is -2.94. The molecule has 31 heavy (non-hydrogen) atoms. The van der Waals surface area contributed by atoms with Crippen LogP contribution in [0, 0.1) is 17.2 Å². The van der Waals surface area contributed by atoms with E-state index in [9.17, 15) is 4.79 Å². The zero-order valence-electron chi connectivity index (χ0n) is 19.0. The summed E-state index contributed by atoms with van der Waals surface area (Å²) in [6.07, 6.45) is 2.17. The van der Waals surface area contributed by atoms with Gasteiger partial charge in [-0.15, -0.1) is 0 Å². The fourth-order valence-corrected chi connectivity index (χ4v) is 5.06. The molecule has 0 radical (unpaired) electrons. The van der Waals surface area contributed by atoms with Gasteiger partial charge in [-0.25, -0.2) is 0 Å². The normalized spacial score (nSPS) is 13.8. The van der Waals surface area contributed by atoms with Gasteiger partial charge in [-0.05, 0) is 56.6 Å². The first-order valence-corrected chi connectivity index (χ1v) is 11.5. The third-order valence-electron chi connectivity index (χ3n) is 6.61. The lowest BCUT2D eigenvalue weighted by Gasteiger charge is -2.29. The Morgan fingerprint density at radius 3 is 2.13 bits per heavy atom. The Morgan fingerprint density at radius 1 is 0.903 bits per heavy atom. The highest BCUT2D eigenvalue weighted by Gasteiger charge is 2.28. The summed E-state index contributed by atoms with van der Waals surface area (Å²) in [5.41, 5.74) is 1.64. The standard InChI is InChI=1S/C28H32N2O/c1-5-8-24(31)30-28(27(29)21(6-2)17(3)4)23-16-14-20-12-11-18-9-7-10-19-13-15-22(23)26(20)25(18)19/h7,9-17,21,28-29H,5-6,8H2,1-4H3,(H,30,31). The second-order valence-corrected chi connectivity index (χ2v) is 8.98. The minimum Gasteiger partial charge on any atom is -0.344 e. The van der Waals surface area contributed by atoms with Crippen molar-refractivity contribution >= 4 is 43.9 Å². The van der Waals surface area contributed by atoms with Gasteiger partial charge in [-0.1, -0.05) is 82.3 Å². The van der Waals surface area contributed by atoms with Crippen LogP contribution in [-0.4, -0.2) is 11.6 Å². The van der Waals surface area contributed by atoms with Gasteiger partial charge in [0.2, 0.25) is 5.91 Å². The molecule has 4 rings (SSSR count). The number of amides is 1. The van der Waals surface area contributed by atoms with Gasteiger partial charge < -0.3 is 10.7 Å². The van der Waals surface area contributed by atoms with Crippen molar-refractivity contribution in [2.75, 3.05) is 0 Å². The van der Waals surface area contributed by atoms with Gasteiger partial charge in [0.1, 0.15) is 0 Å². The van der Waals surface area contributed by atoms with Crippen LogP contribution in [0.25, 0.3) is 32.3 Å². The summed E-state index contributed by atoms with van der Waals surface area (Å²) >= 11 is 0. The highest BCUT2D eigenvalue weighted by atomic mass is 16.1. The summed E-state index contributed by atoms with van der Waals surface area (Å²) in [5, 5.41) is 19.6. The average molecular weight is 413 g/mol. The topological polar surface area (TPSA) is 53.0 Å². The van der Waals surface area contributed by atoms with E-state index < -0.39 is 6.04 Å². The van der Waals surface area contributed by atoms with Gasteiger partial charge in [0.25, 0.3) is 0 Å². The van der Waals surface area contributed by atoms with E-state index in [0.717, 1.165) is 23.8 Å². The van der Waals surface area contributed by atoms with Crippen molar-refractivity contribution in [2.24, 2.45) is 11.8 Å². The van der Waals surface area contributed by atoms with Crippen LogP contribution in [0.1, 0.15) is 58.6 Å². The smallest absolute Gasteiger partial charge is 0.220 e. The van der Waals surface area contributed by atoms with E-state index in [2.05, 4.69) is 80.7 Å². The van der Waals surface area contributed by atoms with Crippen molar-refractivity contribution < 1.29 is 4.79 Å². The number of carbonyl (C=O) groups excluding carboxylic acids is 1. The van der Waals surface area contributed by atoms with Crippen molar-refractivity contribution in [3.63, 3.8) is 0 Å². The molecule has 0 bridgehead atoms. The maximum absolute atomic E-state index is 12.7. The molecule has 0 aliphatic rings. The first-order valence-electron chi connectivity index (χ1n) is 11.5. The molecule has 0 aromatic heterocycles. The predicted molar refractivity (Wildman–Crippen MR) is 132 cm³/mol. The lowest BCUT2D eigenvalue weighted by Crippen LogP contribution is -2.37. The van der Waals surface area contributed by atoms with Crippen molar-refractivity contribution in [3.05, 3.63) is 60.2 Å². The molecule has 0 saturated carbocycles. The van der Waals surface area contributed by atoms with Crippen LogP contribution < -0.4 is 5.32 Å². The van der Waals surface area contributed by atoms with Gasteiger partial charge >= 0.3 is 0 Å². The molecule has 0 saturated heterocycles. The summed E-state index contributed by atoms with van der Waals surface area (Å²) in [4.78, 5) is 12.7. The van der Waals surface area contributed by atoms with Crippen LogP contribution in [0.3, 0.4) is 0 Å². The second-order valence-electron chi connectivity index (χ2n) is 8.98. The minimum atomic E-state index is -0.407. The highest BCUT2D eigenvalue weighted by Crippen LogP contribution is 2.38. The third kappa shape index (κ3) is 3.78.